The summed E-state index contributed by atoms with van der Waals surface area (Å²) >= 11 is 0. The fourth-order valence-electron chi connectivity index (χ4n) is 0.841. The maximum atomic E-state index is 10.6. The maximum Gasteiger partial charge on any atom is 0.337 e. The lowest BCUT2D eigenvalue weighted by Crippen LogP contribution is -2.15. The van der Waals surface area contributed by atoms with Crippen LogP contribution in [0, 0.1) is 0 Å². The highest BCUT2D eigenvalue weighted by molar-refractivity contribution is 6.01. The zero-order chi connectivity index (χ0) is 8.43. The third-order valence-corrected chi connectivity index (χ3v) is 1.37. The van der Waals surface area contributed by atoms with Gasteiger partial charge in [-0.3, -0.25) is 4.79 Å². The molecule has 0 aromatic carbocycles. The zero-order valence-electron chi connectivity index (χ0n) is 5.70. The van der Waals surface area contributed by atoms with Gasteiger partial charge in [0.2, 0.25) is 0 Å². The van der Waals surface area contributed by atoms with E-state index in [1.165, 1.54) is 6.08 Å². The Morgan fingerprint density at radius 3 is 2.73 bits per heavy atom. The largest absolute Gasteiger partial charge is 0.478 e. The summed E-state index contributed by atoms with van der Waals surface area (Å²) in [5.74, 6) is -1.25. The summed E-state index contributed by atoms with van der Waals surface area (Å²) in [4.78, 5) is 21.0. The Balaban J connectivity index is 2.94. The molecule has 0 atom stereocenters. The molecule has 0 saturated carbocycles. The lowest BCUT2D eigenvalue weighted by atomic mass is 10.0. The van der Waals surface area contributed by atoms with Crippen molar-refractivity contribution in [3.05, 3.63) is 23.4 Å². The topological polar surface area (TPSA) is 80.4 Å². The first kappa shape index (κ1) is 7.53. The minimum atomic E-state index is -1.09. The van der Waals surface area contributed by atoms with Gasteiger partial charge < -0.3 is 10.8 Å². The molecule has 0 unspecified atom stereocenters. The third kappa shape index (κ3) is 1.46. The Bertz CT molecular complexity index is 275. The van der Waals surface area contributed by atoms with E-state index in [1.807, 2.05) is 0 Å². The van der Waals surface area contributed by atoms with Crippen molar-refractivity contribution in [2.75, 3.05) is 0 Å². The number of carboxylic acids is 1. The van der Waals surface area contributed by atoms with Crippen LogP contribution in [0.5, 0.6) is 0 Å². The summed E-state index contributed by atoms with van der Waals surface area (Å²) in [5.41, 5.74) is 5.32. The Labute approximate surface area is 63.0 Å². The number of carboxylic acid groups (broad SMARTS) is 1. The van der Waals surface area contributed by atoms with E-state index in [1.54, 1.807) is 0 Å². The molecule has 0 spiro atoms. The average Bonchev–Trinajstić information content (AvgIpc) is 1.85. The predicted octanol–water partition coefficient (Wildman–Crippen LogP) is -0.187. The number of hydrogen-bond acceptors (Lipinski definition) is 3. The highest BCUT2D eigenvalue weighted by atomic mass is 16.4. The highest BCUT2D eigenvalue weighted by Crippen LogP contribution is 2.11. The number of allylic oxidation sites excluding steroid dienone is 2. The number of carbonyl (C=O) groups is 2. The van der Waals surface area contributed by atoms with Gasteiger partial charge in [-0.2, -0.15) is 0 Å². The van der Waals surface area contributed by atoms with E-state index in [0.29, 0.717) is 0 Å². The van der Waals surface area contributed by atoms with Crippen LogP contribution in [0.15, 0.2) is 23.4 Å². The van der Waals surface area contributed by atoms with Crippen molar-refractivity contribution in [2.24, 2.45) is 5.73 Å². The van der Waals surface area contributed by atoms with Gasteiger partial charge in [-0.05, 0) is 0 Å². The normalized spacial score (nSPS) is 17.3. The second-order valence-corrected chi connectivity index (χ2v) is 2.19. The molecule has 4 nitrogen and oxygen atoms in total. The van der Waals surface area contributed by atoms with E-state index >= 15 is 0 Å². The van der Waals surface area contributed by atoms with Crippen molar-refractivity contribution in [1.29, 1.82) is 0 Å². The molecule has 58 valence electrons. The molecule has 0 aromatic rings. The molecule has 4 heteroatoms. The van der Waals surface area contributed by atoms with Crippen LogP contribution in [0.25, 0.3) is 0 Å². The van der Waals surface area contributed by atoms with Gasteiger partial charge in [-0.1, -0.05) is 6.08 Å². The van der Waals surface area contributed by atoms with Gasteiger partial charge in [0.1, 0.15) is 0 Å². The summed E-state index contributed by atoms with van der Waals surface area (Å²) in [5, 5.41) is 8.49. The Hall–Kier alpha value is -1.58. The van der Waals surface area contributed by atoms with Crippen molar-refractivity contribution in [1.82, 2.24) is 0 Å². The van der Waals surface area contributed by atoms with Gasteiger partial charge in [-0.15, -0.1) is 0 Å². The van der Waals surface area contributed by atoms with Gasteiger partial charge in [0.15, 0.2) is 5.78 Å². The molecule has 3 N–H and O–H groups in total. The molecule has 0 fully saturated rings. The van der Waals surface area contributed by atoms with Crippen LogP contribution in [0.2, 0.25) is 0 Å². The maximum absolute atomic E-state index is 10.6. The van der Waals surface area contributed by atoms with Crippen molar-refractivity contribution in [3.8, 4) is 0 Å². The molecule has 11 heavy (non-hydrogen) atoms. The first-order chi connectivity index (χ1) is 5.11. The zero-order valence-corrected chi connectivity index (χ0v) is 5.70. The smallest absolute Gasteiger partial charge is 0.337 e. The van der Waals surface area contributed by atoms with E-state index in [2.05, 4.69) is 0 Å². The van der Waals surface area contributed by atoms with Crippen LogP contribution in [0.3, 0.4) is 0 Å². The molecular weight excluding hydrogens is 146 g/mol. The van der Waals surface area contributed by atoms with Gasteiger partial charge in [0.05, 0.1) is 5.57 Å². The number of aliphatic carboxylic acids is 1. The Morgan fingerprint density at radius 2 is 2.27 bits per heavy atom. The van der Waals surface area contributed by atoms with Crippen LogP contribution >= 0.6 is 0 Å². The number of rotatable bonds is 1. The minimum Gasteiger partial charge on any atom is -0.478 e. The summed E-state index contributed by atoms with van der Waals surface area (Å²) < 4.78 is 0. The second-order valence-electron chi connectivity index (χ2n) is 2.19. The van der Waals surface area contributed by atoms with E-state index in [0.717, 1.165) is 6.08 Å². The summed E-state index contributed by atoms with van der Waals surface area (Å²) in [7, 11) is 0. The van der Waals surface area contributed by atoms with Gasteiger partial charge in [0.25, 0.3) is 0 Å². The molecule has 0 radical (unpaired) electrons. The average molecular weight is 153 g/mol. The summed E-state index contributed by atoms with van der Waals surface area (Å²) in [6.45, 7) is 0. The van der Waals surface area contributed by atoms with Gasteiger partial charge in [-0.25, -0.2) is 4.79 Å². The van der Waals surface area contributed by atoms with E-state index in [4.69, 9.17) is 10.8 Å². The SMILES string of the molecule is NC1=CC(=O)CC=C1C(=O)O. The van der Waals surface area contributed by atoms with E-state index in [-0.39, 0.29) is 23.5 Å². The van der Waals surface area contributed by atoms with E-state index in [9.17, 15) is 9.59 Å². The monoisotopic (exact) mass is 153 g/mol. The molecule has 0 saturated heterocycles. The minimum absolute atomic E-state index is 0.0181. The van der Waals surface area contributed by atoms with Gasteiger partial charge in [0, 0.05) is 18.2 Å². The fraction of sp³-hybridized carbons (Fsp3) is 0.143. The first-order valence-corrected chi connectivity index (χ1v) is 3.05. The van der Waals surface area contributed by atoms with Crippen LogP contribution in [-0.4, -0.2) is 16.9 Å². The van der Waals surface area contributed by atoms with Crippen molar-refractivity contribution in [3.63, 3.8) is 0 Å². The highest BCUT2D eigenvalue weighted by Gasteiger charge is 2.15. The molecule has 1 rings (SSSR count). The molecule has 1 aliphatic carbocycles. The third-order valence-electron chi connectivity index (χ3n) is 1.37. The Morgan fingerprint density at radius 1 is 1.64 bits per heavy atom. The standard InChI is InChI=1S/C7H7NO3/c8-6-3-4(9)1-2-5(6)7(10)11/h2-3H,1,8H2,(H,10,11). The van der Waals surface area contributed by atoms with Gasteiger partial charge >= 0.3 is 5.97 Å². The first-order valence-electron chi connectivity index (χ1n) is 3.05. The lowest BCUT2D eigenvalue weighted by Gasteiger charge is -2.06. The summed E-state index contributed by atoms with van der Waals surface area (Å²) in [6, 6.07) is 0. The van der Waals surface area contributed by atoms with Crippen LogP contribution in [0.4, 0.5) is 0 Å². The molecule has 0 amide bonds. The number of hydrogen-bond donors (Lipinski definition) is 2. The molecule has 1 aliphatic rings. The molecule has 0 aromatic heterocycles. The van der Waals surface area contributed by atoms with Crippen LogP contribution in [-0.2, 0) is 9.59 Å². The Kier molecular flexibility index (Phi) is 1.76. The van der Waals surface area contributed by atoms with Crippen LogP contribution < -0.4 is 5.73 Å². The van der Waals surface area contributed by atoms with Crippen LogP contribution in [0.1, 0.15) is 6.42 Å². The van der Waals surface area contributed by atoms with Crippen molar-refractivity contribution < 1.29 is 14.7 Å². The van der Waals surface area contributed by atoms with Crippen molar-refractivity contribution in [2.45, 2.75) is 6.42 Å². The molecular formula is C7H7NO3. The number of nitrogens with two attached hydrogens (primary N) is 1. The van der Waals surface area contributed by atoms with E-state index < -0.39 is 5.97 Å². The molecule has 0 heterocycles. The fourth-order valence-corrected chi connectivity index (χ4v) is 0.841. The number of carbonyl (C=O) groups excluding carboxylic acids is 1. The predicted molar refractivity (Wildman–Crippen MR) is 37.6 cm³/mol. The second kappa shape index (κ2) is 2.57. The lowest BCUT2D eigenvalue weighted by molar-refractivity contribution is -0.132. The molecule has 0 aliphatic heterocycles. The van der Waals surface area contributed by atoms with Crippen molar-refractivity contribution >= 4 is 11.8 Å². The quantitative estimate of drug-likeness (QED) is 0.547. The number of ketones is 1. The molecule has 0 bridgehead atoms. The summed E-state index contributed by atoms with van der Waals surface area (Å²) in [6.07, 6.45) is 2.59.